The Labute approximate surface area is 241 Å². The molecule has 9 heteroatoms. The summed E-state index contributed by atoms with van der Waals surface area (Å²) in [4.78, 5) is 42.3. The number of hydrogen-bond acceptors (Lipinski definition) is 5. The molecule has 0 aromatic heterocycles. The van der Waals surface area contributed by atoms with Gasteiger partial charge in [-0.1, -0.05) is 56.0 Å². The summed E-state index contributed by atoms with van der Waals surface area (Å²) in [5.41, 5.74) is 0.0738. The normalized spacial score (nSPS) is 27.4. The van der Waals surface area contributed by atoms with E-state index in [1.165, 1.54) is 7.11 Å². The second-order valence-corrected chi connectivity index (χ2v) is 12.4. The fourth-order valence-electron chi connectivity index (χ4n) is 6.33. The molecule has 1 aliphatic carbocycles. The molecule has 0 bridgehead atoms. The minimum absolute atomic E-state index is 0.0213. The molecule has 214 valence electrons. The number of likely N-dealkylation sites (tertiary alicyclic amines) is 1. The molecular formula is C30H40Cl2N2O5. The number of nitrogens with one attached hydrogen (secondary N) is 1. The number of ether oxygens (including phenoxy) is 2. The molecule has 1 aromatic rings. The van der Waals surface area contributed by atoms with Crippen LogP contribution in [0.2, 0.25) is 10.0 Å². The van der Waals surface area contributed by atoms with Crippen LogP contribution in [-0.4, -0.2) is 48.5 Å². The molecule has 1 N–H and O–H groups in total. The number of carbonyl (C=O) groups is 3. The highest BCUT2D eigenvalue weighted by Gasteiger charge is 2.60. The van der Waals surface area contributed by atoms with Crippen LogP contribution in [0.15, 0.2) is 30.0 Å². The van der Waals surface area contributed by atoms with Crippen molar-refractivity contribution in [1.82, 2.24) is 10.2 Å². The molecule has 0 unspecified atom stereocenters. The number of rotatable bonds is 9. The van der Waals surface area contributed by atoms with Crippen LogP contribution in [-0.2, 0) is 30.4 Å². The van der Waals surface area contributed by atoms with E-state index in [0.29, 0.717) is 39.7 Å². The summed E-state index contributed by atoms with van der Waals surface area (Å²) in [6.07, 6.45) is 6.55. The van der Waals surface area contributed by atoms with Gasteiger partial charge >= 0.3 is 5.97 Å². The predicted molar refractivity (Wildman–Crippen MR) is 151 cm³/mol. The van der Waals surface area contributed by atoms with E-state index in [0.717, 1.165) is 32.1 Å². The number of carbonyl (C=O) groups excluding carboxylic acids is 3. The minimum Gasteiger partial charge on any atom is -0.468 e. The molecule has 2 amide bonds. The van der Waals surface area contributed by atoms with Crippen LogP contribution in [0.3, 0.4) is 0 Å². The van der Waals surface area contributed by atoms with Crippen molar-refractivity contribution in [2.24, 2.45) is 23.2 Å². The third-order valence-corrected chi connectivity index (χ3v) is 9.13. The summed E-state index contributed by atoms with van der Waals surface area (Å²) in [6.45, 7) is 6.75. The van der Waals surface area contributed by atoms with E-state index >= 15 is 0 Å². The standard InChI is InChI=1S/C30H40Cl2N2O5/c1-18(2)11-12-33-27(35)13-22-16-30(29(37)38-4)19(3)39-25(20-7-5-6-8-20)15-26(30)34(28(22)36)17-21-9-10-23(31)14-24(21)32/h9-10,14-15,18-20,22,25H,5-8,11-13,16-17H2,1-4H3,(H,33,35)/t19-,22+,25-,30+/m1/s1. The number of piperidine rings is 1. The van der Waals surface area contributed by atoms with Crippen LogP contribution in [0.1, 0.15) is 71.3 Å². The van der Waals surface area contributed by atoms with E-state index in [2.05, 4.69) is 19.2 Å². The van der Waals surface area contributed by atoms with E-state index in [1.807, 2.05) is 13.0 Å². The Bertz CT molecular complexity index is 1120. The molecule has 1 saturated heterocycles. The number of halogens is 2. The summed E-state index contributed by atoms with van der Waals surface area (Å²) in [5.74, 6) is -0.818. The van der Waals surface area contributed by atoms with Gasteiger partial charge in [-0.25, -0.2) is 0 Å². The van der Waals surface area contributed by atoms with Crippen LogP contribution >= 0.6 is 23.2 Å². The molecule has 1 aromatic carbocycles. The minimum atomic E-state index is -1.22. The van der Waals surface area contributed by atoms with Crippen molar-refractivity contribution in [2.75, 3.05) is 13.7 Å². The number of methoxy groups -OCH3 is 1. The fourth-order valence-corrected chi connectivity index (χ4v) is 6.80. The van der Waals surface area contributed by atoms with Crippen LogP contribution in [0.4, 0.5) is 0 Å². The van der Waals surface area contributed by atoms with Crippen molar-refractivity contribution in [3.8, 4) is 0 Å². The number of amides is 2. The van der Waals surface area contributed by atoms with Gasteiger partial charge in [0.2, 0.25) is 11.8 Å². The molecule has 0 radical (unpaired) electrons. The molecule has 3 aliphatic rings. The van der Waals surface area contributed by atoms with Gasteiger partial charge in [-0.2, -0.15) is 0 Å². The van der Waals surface area contributed by atoms with Gasteiger partial charge < -0.3 is 19.7 Å². The molecule has 2 aliphatic heterocycles. The maximum Gasteiger partial charge on any atom is 0.320 e. The largest absolute Gasteiger partial charge is 0.468 e. The summed E-state index contributed by atoms with van der Waals surface area (Å²) < 4.78 is 11.9. The van der Waals surface area contributed by atoms with Crippen LogP contribution in [0.5, 0.6) is 0 Å². The zero-order valence-electron chi connectivity index (χ0n) is 23.3. The SMILES string of the molecule is COC(=O)[C@]12C[C@H](CC(=O)NCCC(C)C)C(=O)N(Cc3ccc(Cl)cc3Cl)C1=C[C@H](C1CCCC1)O[C@@H]2C. The molecule has 7 nitrogen and oxygen atoms in total. The summed E-state index contributed by atoms with van der Waals surface area (Å²) in [6, 6.07) is 5.16. The summed E-state index contributed by atoms with van der Waals surface area (Å²) in [5, 5.41) is 3.86. The van der Waals surface area contributed by atoms with Crippen molar-refractivity contribution in [1.29, 1.82) is 0 Å². The third-order valence-electron chi connectivity index (χ3n) is 8.54. The average Bonchev–Trinajstić information content (AvgIpc) is 3.42. The van der Waals surface area contributed by atoms with E-state index in [4.69, 9.17) is 32.7 Å². The Kier molecular flexibility index (Phi) is 9.66. The van der Waals surface area contributed by atoms with Crippen LogP contribution < -0.4 is 5.32 Å². The van der Waals surface area contributed by atoms with Gasteiger partial charge in [0.1, 0.15) is 5.41 Å². The van der Waals surface area contributed by atoms with Crippen molar-refractivity contribution < 1.29 is 23.9 Å². The average molecular weight is 580 g/mol. The Hall–Kier alpha value is -2.09. The summed E-state index contributed by atoms with van der Waals surface area (Å²) >= 11 is 12.7. The van der Waals surface area contributed by atoms with Gasteiger partial charge in [-0.15, -0.1) is 0 Å². The highest BCUT2D eigenvalue weighted by molar-refractivity contribution is 6.35. The Balaban J connectivity index is 1.74. The quantitative estimate of drug-likeness (QED) is 0.368. The van der Waals surface area contributed by atoms with Gasteiger partial charge in [-0.3, -0.25) is 14.4 Å². The van der Waals surface area contributed by atoms with Gasteiger partial charge in [-0.05, 0) is 68.2 Å². The first-order valence-corrected chi connectivity index (χ1v) is 14.8. The molecule has 2 heterocycles. The number of fused-ring (bicyclic) bond motifs is 1. The van der Waals surface area contributed by atoms with Crippen molar-refractivity contribution in [3.05, 3.63) is 45.6 Å². The lowest BCUT2D eigenvalue weighted by Gasteiger charge is -2.52. The van der Waals surface area contributed by atoms with E-state index in [1.54, 1.807) is 23.1 Å². The molecule has 39 heavy (non-hydrogen) atoms. The first kappa shape index (κ1) is 29.9. The lowest BCUT2D eigenvalue weighted by molar-refractivity contribution is -0.178. The molecule has 2 fully saturated rings. The predicted octanol–water partition coefficient (Wildman–Crippen LogP) is 5.92. The Morgan fingerprint density at radius 1 is 1.23 bits per heavy atom. The van der Waals surface area contributed by atoms with E-state index in [9.17, 15) is 14.4 Å². The van der Waals surface area contributed by atoms with Crippen LogP contribution in [0.25, 0.3) is 0 Å². The van der Waals surface area contributed by atoms with Crippen molar-refractivity contribution >= 4 is 41.0 Å². The molecule has 4 atom stereocenters. The zero-order valence-corrected chi connectivity index (χ0v) is 24.8. The maximum absolute atomic E-state index is 14.1. The fraction of sp³-hybridized carbons (Fsp3) is 0.633. The molecule has 0 spiro atoms. The second kappa shape index (κ2) is 12.6. The molecule has 4 rings (SSSR count). The first-order valence-electron chi connectivity index (χ1n) is 14.0. The monoisotopic (exact) mass is 578 g/mol. The third kappa shape index (κ3) is 6.31. The van der Waals surface area contributed by atoms with Gasteiger partial charge in [0, 0.05) is 34.6 Å². The highest BCUT2D eigenvalue weighted by atomic mass is 35.5. The Morgan fingerprint density at radius 2 is 1.95 bits per heavy atom. The van der Waals surface area contributed by atoms with E-state index < -0.39 is 23.4 Å². The highest BCUT2D eigenvalue weighted by Crippen LogP contribution is 2.52. The Morgan fingerprint density at radius 3 is 2.59 bits per heavy atom. The number of esters is 1. The topological polar surface area (TPSA) is 84.9 Å². The van der Waals surface area contributed by atoms with Crippen LogP contribution in [0, 0.1) is 23.2 Å². The lowest BCUT2D eigenvalue weighted by Crippen LogP contribution is -2.60. The van der Waals surface area contributed by atoms with Crippen molar-refractivity contribution in [2.45, 2.75) is 84.5 Å². The lowest BCUT2D eigenvalue weighted by atomic mass is 9.66. The van der Waals surface area contributed by atoms with E-state index in [-0.39, 0.29) is 37.3 Å². The maximum atomic E-state index is 14.1. The van der Waals surface area contributed by atoms with Gasteiger partial charge in [0.15, 0.2) is 0 Å². The number of nitrogens with zero attached hydrogens (tertiary/aromatic N) is 1. The molecule has 1 saturated carbocycles. The smallest absolute Gasteiger partial charge is 0.320 e. The van der Waals surface area contributed by atoms with Crippen molar-refractivity contribution in [3.63, 3.8) is 0 Å². The summed E-state index contributed by atoms with van der Waals surface area (Å²) in [7, 11) is 1.36. The van der Waals surface area contributed by atoms with Gasteiger partial charge in [0.05, 0.1) is 25.9 Å². The number of benzene rings is 1. The zero-order chi connectivity index (χ0) is 28.3. The van der Waals surface area contributed by atoms with Gasteiger partial charge in [0.25, 0.3) is 0 Å². The first-order chi connectivity index (χ1) is 18.6. The molecular weight excluding hydrogens is 539 g/mol. The number of hydrogen-bond donors (Lipinski definition) is 1. The second-order valence-electron chi connectivity index (χ2n) is 11.6.